The molecule has 0 unspecified atom stereocenters. The number of nitrogens with zero attached hydrogens (tertiary/aromatic N) is 3. The van der Waals surface area contributed by atoms with E-state index in [0.717, 1.165) is 44.7 Å². The molecule has 4 fully saturated rings. The molecule has 4 atom stereocenters. The van der Waals surface area contributed by atoms with E-state index in [0.29, 0.717) is 47.6 Å². The first-order valence-corrected chi connectivity index (χ1v) is 11.9. The molecule has 4 aliphatic rings. The zero-order valence-corrected chi connectivity index (χ0v) is 17.8. The lowest BCUT2D eigenvalue weighted by molar-refractivity contribution is -0.153. The Kier molecular flexibility index (Phi) is 5.42. The molecule has 1 saturated carbocycles. The van der Waals surface area contributed by atoms with E-state index in [-0.39, 0.29) is 5.91 Å². The summed E-state index contributed by atoms with van der Waals surface area (Å²) in [5.41, 5.74) is 6.45. The van der Waals surface area contributed by atoms with Crippen molar-refractivity contribution in [3.05, 3.63) is 23.9 Å². The molecule has 1 aliphatic carbocycles. The van der Waals surface area contributed by atoms with E-state index in [4.69, 9.17) is 5.73 Å². The maximum atomic E-state index is 13.3. The first kappa shape index (κ1) is 19.8. The average Bonchev–Trinajstić information content (AvgIpc) is 2.77. The number of carbonyl (C=O) groups is 2. The van der Waals surface area contributed by atoms with Crippen LogP contribution >= 0.6 is 0 Å². The van der Waals surface area contributed by atoms with Gasteiger partial charge in [-0.3, -0.25) is 9.59 Å². The van der Waals surface area contributed by atoms with Crippen LogP contribution in [-0.2, 0) is 4.79 Å². The average molecular weight is 411 g/mol. The fourth-order valence-electron chi connectivity index (χ4n) is 6.77. The lowest BCUT2D eigenvalue weighted by Crippen LogP contribution is -2.65. The number of amides is 2. The number of nitrogens with two attached hydrogens (primary N) is 1. The summed E-state index contributed by atoms with van der Waals surface area (Å²) in [6.07, 6.45) is 13.3. The molecule has 1 aromatic heterocycles. The molecule has 2 bridgehead atoms. The van der Waals surface area contributed by atoms with Crippen molar-refractivity contribution < 1.29 is 9.59 Å². The van der Waals surface area contributed by atoms with E-state index < -0.39 is 0 Å². The largest absolute Gasteiger partial charge is 0.384 e. The standard InChI is InChI=1S/C24H34N4O2/c25-22-13-17(9-10-26-22)24(30)27-14-18-12-19(15-27)21(11-16-5-2-1-3-6-16)28-20(18)7-4-8-23(28)29/h9-10,13,16,18-21H,1-8,11-12,14-15H2,(H2,25,26)/t18-,19+,20+,21+/m1/s1. The van der Waals surface area contributed by atoms with E-state index in [9.17, 15) is 9.59 Å². The van der Waals surface area contributed by atoms with Gasteiger partial charge in [0, 0.05) is 43.4 Å². The first-order valence-electron chi connectivity index (χ1n) is 11.9. The van der Waals surface area contributed by atoms with Gasteiger partial charge in [-0.15, -0.1) is 0 Å². The van der Waals surface area contributed by atoms with E-state index in [1.54, 1.807) is 18.3 Å². The van der Waals surface area contributed by atoms with Crippen molar-refractivity contribution in [1.29, 1.82) is 0 Å². The Hall–Kier alpha value is -2.11. The Morgan fingerprint density at radius 3 is 2.70 bits per heavy atom. The molecule has 30 heavy (non-hydrogen) atoms. The number of hydrogen-bond acceptors (Lipinski definition) is 4. The minimum Gasteiger partial charge on any atom is -0.384 e. The maximum Gasteiger partial charge on any atom is 0.254 e. The number of carbonyl (C=O) groups excluding carboxylic acids is 2. The van der Waals surface area contributed by atoms with Gasteiger partial charge >= 0.3 is 0 Å². The highest BCUT2D eigenvalue weighted by Crippen LogP contribution is 2.44. The van der Waals surface area contributed by atoms with Gasteiger partial charge in [0.1, 0.15) is 5.82 Å². The van der Waals surface area contributed by atoms with E-state index >= 15 is 0 Å². The Morgan fingerprint density at radius 2 is 1.90 bits per heavy atom. The third-order valence-corrected chi connectivity index (χ3v) is 8.11. The summed E-state index contributed by atoms with van der Waals surface area (Å²) in [4.78, 5) is 34.7. The fraction of sp³-hybridized carbons (Fsp3) is 0.708. The van der Waals surface area contributed by atoms with Crippen LogP contribution in [0.5, 0.6) is 0 Å². The molecule has 162 valence electrons. The highest BCUT2D eigenvalue weighted by Gasteiger charge is 2.50. The van der Waals surface area contributed by atoms with E-state index in [2.05, 4.69) is 9.88 Å². The van der Waals surface area contributed by atoms with E-state index in [1.807, 2.05) is 4.90 Å². The van der Waals surface area contributed by atoms with Gasteiger partial charge in [-0.2, -0.15) is 0 Å². The van der Waals surface area contributed by atoms with Gasteiger partial charge in [0.25, 0.3) is 5.91 Å². The monoisotopic (exact) mass is 410 g/mol. The summed E-state index contributed by atoms with van der Waals surface area (Å²) in [6, 6.07) is 4.07. The second-order valence-corrected chi connectivity index (χ2v) is 10.0. The Bertz CT molecular complexity index is 806. The maximum absolute atomic E-state index is 13.3. The van der Waals surface area contributed by atoms with Gasteiger partial charge in [-0.25, -0.2) is 4.98 Å². The van der Waals surface area contributed by atoms with Crippen molar-refractivity contribution >= 4 is 17.6 Å². The van der Waals surface area contributed by atoms with Crippen molar-refractivity contribution in [2.24, 2.45) is 17.8 Å². The number of piperidine rings is 3. The molecule has 2 N–H and O–H groups in total. The normalized spacial score (nSPS) is 32.1. The summed E-state index contributed by atoms with van der Waals surface area (Å²) < 4.78 is 0. The van der Waals surface area contributed by atoms with Crippen molar-refractivity contribution in [3.8, 4) is 0 Å². The number of rotatable bonds is 3. The van der Waals surface area contributed by atoms with Crippen molar-refractivity contribution in [2.45, 2.75) is 76.3 Å². The molecule has 4 heterocycles. The lowest BCUT2D eigenvalue weighted by Gasteiger charge is -2.57. The molecule has 2 amide bonds. The molecule has 0 aromatic carbocycles. The van der Waals surface area contributed by atoms with Crippen LogP contribution in [0.4, 0.5) is 5.82 Å². The molecule has 3 aliphatic heterocycles. The Morgan fingerprint density at radius 1 is 1.10 bits per heavy atom. The van der Waals surface area contributed by atoms with Gasteiger partial charge in [0.2, 0.25) is 5.91 Å². The molecule has 5 rings (SSSR count). The summed E-state index contributed by atoms with van der Waals surface area (Å²) in [5, 5.41) is 0. The highest BCUT2D eigenvalue weighted by atomic mass is 16.2. The molecular formula is C24H34N4O2. The summed E-state index contributed by atoms with van der Waals surface area (Å²) >= 11 is 0. The van der Waals surface area contributed by atoms with Crippen molar-refractivity contribution in [1.82, 2.24) is 14.8 Å². The summed E-state index contributed by atoms with van der Waals surface area (Å²) in [6.45, 7) is 1.51. The lowest BCUT2D eigenvalue weighted by atomic mass is 9.69. The molecule has 3 saturated heterocycles. The van der Waals surface area contributed by atoms with Crippen LogP contribution in [0.1, 0.15) is 74.6 Å². The predicted octanol–water partition coefficient (Wildman–Crippen LogP) is 3.48. The predicted molar refractivity (Wildman–Crippen MR) is 116 cm³/mol. The second kappa shape index (κ2) is 8.20. The van der Waals surface area contributed by atoms with Gasteiger partial charge in [0.15, 0.2) is 0 Å². The van der Waals surface area contributed by atoms with Gasteiger partial charge in [-0.1, -0.05) is 32.1 Å². The smallest absolute Gasteiger partial charge is 0.254 e. The molecule has 6 heteroatoms. The third kappa shape index (κ3) is 3.69. The van der Waals surface area contributed by atoms with Crippen molar-refractivity contribution in [2.75, 3.05) is 18.8 Å². The third-order valence-electron chi connectivity index (χ3n) is 8.11. The van der Waals surface area contributed by atoms with Crippen LogP contribution in [0.3, 0.4) is 0 Å². The molecular weight excluding hydrogens is 376 g/mol. The summed E-state index contributed by atoms with van der Waals surface area (Å²) in [5.74, 6) is 2.35. The zero-order valence-electron chi connectivity index (χ0n) is 17.8. The molecule has 0 spiro atoms. The van der Waals surface area contributed by atoms with Gasteiger partial charge in [0.05, 0.1) is 0 Å². The topological polar surface area (TPSA) is 79.5 Å². The number of likely N-dealkylation sites (tertiary alicyclic amines) is 1. The van der Waals surface area contributed by atoms with Gasteiger partial charge < -0.3 is 15.5 Å². The molecule has 1 aromatic rings. The SMILES string of the molecule is Nc1cc(C(=O)N2C[C@H]3C[C@@H](C2)[C@H](CC2CCCCC2)N2C(=O)CCC[C@@H]32)ccn1. The molecule has 0 radical (unpaired) electrons. The first-order chi connectivity index (χ1) is 14.6. The fourth-order valence-corrected chi connectivity index (χ4v) is 6.77. The Balaban J connectivity index is 1.40. The minimum absolute atomic E-state index is 0.0609. The summed E-state index contributed by atoms with van der Waals surface area (Å²) in [7, 11) is 0. The Labute approximate surface area is 179 Å². The van der Waals surface area contributed by atoms with Crippen LogP contribution in [0.25, 0.3) is 0 Å². The van der Waals surface area contributed by atoms with Crippen LogP contribution < -0.4 is 5.73 Å². The highest BCUT2D eigenvalue weighted by molar-refractivity contribution is 5.94. The number of aromatic nitrogens is 1. The number of nitrogen functional groups attached to an aromatic ring is 1. The van der Waals surface area contributed by atoms with Crippen LogP contribution in [0, 0.1) is 17.8 Å². The second-order valence-electron chi connectivity index (χ2n) is 10.0. The number of fused-ring (bicyclic) bond motifs is 4. The van der Waals surface area contributed by atoms with Crippen molar-refractivity contribution in [3.63, 3.8) is 0 Å². The van der Waals surface area contributed by atoms with Gasteiger partial charge in [-0.05, 0) is 55.6 Å². The van der Waals surface area contributed by atoms with E-state index in [1.165, 1.54) is 32.1 Å². The number of anilines is 1. The van der Waals surface area contributed by atoms with Crippen LogP contribution in [-0.4, -0.2) is 51.8 Å². The number of hydrogen-bond donors (Lipinski definition) is 1. The minimum atomic E-state index is 0.0609. The number of pyridine rings is 1. The quantitative estimate of drug-likeness (QED) is 0.827. The van der Waals surface area contributed by atoms with Crippen LogP contribution in [0.2, 0.25) is 0 Å². The van der Waals surface area contributed by atoms with Crippen LogP contribution in [0.15, 0.2) is 18.3 Å². The molecule has 6 nitrogen and oxygen atoms in total. The zero-order chi connectivity index (χ0) is 20.7.